The molecule has 0 saturated carbocycles. The molecule has 1 aliphatic heterocycles. The van der Waals surface area contributed by atoms with Crippen molar-refractivity contribution in [3.8, 4) is 12.3 Å². The number of aliphatic hydroxyl groups is 1. The summed E-state index contributed by atoms with van der Waals surface area (Å²) in [7, 11) is -0.327. The summed E-state index contributed by atoms with van der Waals surface area (Å²) in [6, 6.07) is 7.82. The molecule has 9 nitrogen and oxygen atoms in total. The first-order chi connectivity index (χ1) is 18.2. The van der Waals surface area contributed by atoms with E-state index in [0.717, 1.165) is 11.1 Å². The van der Waals surface area contributed by atoms with E-state index in [0.29, 0.717) is 12.0 Å². The molecule has 2 N–H and O–H groups in total. The highest BCUT2D eigenvalue weighted by Gasteiger charge is 2.41. The van der Waals surface area contributed by atoms with E-state index in [1.165, 1.54) is 18.2 Å². The van der Waals surface area contributed by atoms with Gasteiger partial charge >= 0.3 is 5.69 Å². The summed E-state index contributed by atoms with van der Waals surface area (Å²) in [5, 5.41) is 4.64. The van der Waals surface area contributed by atoms with Gasteiger partial charge in [-0.3, -0.25) is 14.3 Å². The lowest BCUT2D eigenvalue weighted by molar-refractivity contribution is -0.0441. The zero-order valence-corrected chi connectivity index (χ0v) is 22.7. The van der Waals surface area contributed by atoms with Gasteiger partial charge in [-0.25, -0.2) is 9.46 Å². The molecule has 0 amide bonds. The number of rotatable bonds is 11. The summed E-state index contributed by atoms with van der Waals surface area (Å²) >= 11 is 0. The molecule has 2 unspecified atom stereocenters. The molecule has 3 rings (SSSR count). The van der Waals surface area contributed by atoms with Gasteiger partial charge < -0.3 is 18.9 Å². The van der Waals surface area contributed by atoms with Gasteiger partial charge in [0.05, 0.1) is 19.3 Å². The van der Waals surface area contributed by atoms with Crippen LogP contribution in [-0.4, -0.2) is 51.7 Å². The number of nitrogens with zero attached hydrogens (tertiary/aromatic N) is 2. The lowest BCUT2D eigenvalue weighted by atomic mass is 10.1. The van der Waals surface area contributed by atoms with E-state index in [9.17, 15) is 9.59 Å². The Morgan fingerprint density at radius 1 is 1.39 bits per heavy atom. The molecular formula is C26H38N3O6P. The van der Waals surface area contributed by atoms with Crippen molar-refractivity contribution >= 4 is 8.53 Å². The zero-order chi connectivity index (χ0) is 28.4. The minimum absolute atomic E-state index is 0.0509. The average molecular weight is 523 g/mol. The highest BCUT2D eigenvalue weighted by Crippen LogP contribution is 2.50. The molecule has 1 aromatic heterocycles. The molecule has 2 heterocycles. The van der Waals surface area contributed by atoms with Gasteiger partial charge in [-0.2, -0.15) is 0 Å². The standard InChI is InChI=1S/C25H34N3O6P.CH4/c1-7-19-10-8-9-11-20(19)15-32-35(28(16(2)3)17(4)5)34-21-12-23(33-22(21)14-29)27-13-18(6)24(30)26-25(27)31;/h1,8-11,13,16-17,21-23,29H,12,14-15H2,2-6H3,(H,26,30,31);1H4/t21?,22-,23-,35?;/m1./s1/i29D;1T. The van der Waals surface area contributed by atoms with Gasteiger partial charge in [0.25, 0.3) is 14.1 Å². The van der Waals surface area contributed by atoms with E-state index >= 15 is 0 Å². The van der Waals surface area contributed by atoms with Gasteiger partial charge in [0.2, 0.25) is 1.43 Å². The van der Waals surface area contributed by atoms with Crippen molar-refractivity contribution in [2.75, 3.05) is 6.61 Å². The second kappa shape index (κ2) is 13.3. The first-order valence-corrected chi connectivity index (χ1v) is 12.8. The number of hydrogen-bond donors (Lipinski definition) is 2. The van der Waals surface area contributed by atoms with Crippen molar-refractivity contribution in [3.63, 3.8) is 0 Å². The lowest BCUT2D eigenvalue weighted by Gasteiger charge is -2.37. The number of aryl methyl sites for hydroxylation is 1. The summed E-state index contributed by atoms with van der Waals surface area (Å²) in [6.45, 7) is 10.1. The minimum Gasteiger partial charge on any atom is -0.394 e. The molecule has 0 aliphatic carbocycles. The monoisotopic (exact) mass is 522 g/mol. The molecule has 4 atom stereocenters. The highest BCUT2D eigenvalue weighted by atomic mass is 31.2. The lowest BCUT2D eigenvalue weighted by Crippen LogP contribution is -2.36. The topological polar surface area (TPSA) is 106 Å². The largest absolute Gasteiger partial charge is 0.394 e. The van der Waals surface area contributed by atoms with E-state index in [2.05, 4.69) is 48.4 Å². The van der Waals surface area contributed by atoms with Crippen LogP contribution in [0.1, 0.15) is 65.8 Å². The van der Waals surface area contributed by atoms with Gasteiger partial charge in [0.15, 0.2) is 0 Å². The molecule has 10 heteroatoms. The Kier molecular flexibility index (Phi) is 9.88. The average Bonchev–Trinajstić information content (AvgIpc) is 3.27. The maximum Gasteiger partial charge on any atom is 0.330 e. The van der Waals surface area contributed by atoms with Crippen LogP contribution in [0.15, 0.2) is 40.1 Å². The van der Waals surface area contributed by atoms with Gasteiger partial charge in [-0.05, 0) is 46.2 Å². The summed E-state index contributed by atoms with van der Waals surface area (Å²) < 4.78 is 35.5. The van der Waals surface area contributed by atoms with Crippen LogP contribution >= 0.6 is 8.53 Å². The molecule has 1 saturated heterocycles. The Hall–Kier alpha value is -2.31. The SMILES string of the molecule is [2H]OC[C@H]1O[C@@H](n2cc(C)c(=O)[nH]c2=O)CC1OP(OCc1ccccc1C#C)N(C(C)C)C(C)C.[3H]C. The second-order valence-electron chi connectivity index (χ2n) is 9.03. The predicted molar refractivity (Wildman–Crippen MR) is 141 cm³/mol. The maximum atomic E-state index is 12.5. The first kappa shape index (κ1) is 26.7. The van der Waals surface area contributed by atoms with Crippen molar-refractivity contribution in [2.45, 2.75) is 85.6 Å². The molecule has 1 aliphatic rings. The number of terminal acetylenes is 1. The Morgan fingerprint density at radius 3 is 2.72 bits per heavy atom. The van der Waals surface area contributed by atoms with Crippen LogP contribution in [-0.2, 0) is 20.4 Å². The fourth-order valence-electron chi connectivity index (χ4n) is 4.08. The van der Waals surface area contributed by atoms with E-state index in [1.807, 2.05) is 24.3 Å². The van der Waals surface area contributed by atoms with E-state index in [-0.39, 0.29) is 25.3 Å². The number of hydrogen-bond acceptors (Lipinski definition) is 7. The third-order valence-electron chi connectivity index (χ3n) is 5.78. The molecule has 198 valence electrons. The van der Waals surface area contributed by atoms with Crippen LogP contribution in [0.5, 0.6) is 0 Å². The number of ether oxygens (including phenoxy) is 1. The Bertz CT molecular complexity index is 1170. The number of benzene rings is 1. The second-order valence-corrected chi connectivity index (χ2v) is 10.4. The number of aromatic nitrogens is 2. The smallest absolute Gasteiger partial charge is 0.330 e. The van der Waals surface area contributed by atoms with E-state index in [4.69, 9.17) is 23.0 Å². The Morgan fingerprint density at radius 2 is 2.08 bits per heavy atom. The predicted octanol–water partition coefficient (Wildman–Crippen LogP) is 3.69. The Balaban J connectivity index is 0.00000247. The van der Waals surface area contributed by atoms with Crippen LogP contribution in [0.2, 0.25) is 0 Å². The van der Waals surface area contributed by atoms with Crippen molar-refractivity contribution < 1.29 is 20.3 Å². The van der Waals surface area contributed by atoms with Crippen molar-refractivity contribution in [1.29, 1.82) is 1.43 Å². The van der Waals surface area contributed by atoms with Gasteiger partial charge in [-0.15, -0.1) is 6.42 Å². The third kappa shape index (κ3) is 6.92. The Labute approximate surface area is 217 Å². The van der Waals surface area contributed by atoms with Crippen LogP contribution in [0.3, 0.4) is 0 Å². The van der Waals surface area contributed by atoms with E-state index in [1.54, 1.807) is 6.92 Å². The first-order valence-electron chi connectivity index (χ1n) is 13.0. The summed E-state index contributed by atoms with van der Waals surface area (Å²) in [5.74, 6) is 2.69. The fraction of sp³-hybridized carbons (Fsp3) is 0.538. The van der Waals surface area contributed by atoms with Crippen molar-refractivity contribution in [1.82, 2.24) is 14.2 Å². The van der Waals surface area contributed by atoms with E-state index < -0.39 is 38.2 Å². The third-order valence-corrected chi connectivity index (χ3v) is 7.88. The molecular weight excluding hydrogens is 481 g/mol. The summed E-state index contributed by atoms with van der Waals surface area (Å²) in [5.41, 5.74) is 1.01. The van der Waals surface area contributed by atoms with Gasteiger partial charge in [0.1, 0.15) is 12.3 Å². The number of aliphatic hydroxyl groups excluding tert-OH is 1. The van der Waals surface area contributed by atoms with Crippen molar-refractivity contribution in [2.24, 2.45) is 0 Å². The zero-order valence-electron chi connectivity index (χ0n) is 23.8. The quantitative estimate of drug-likeness (QED) is 0.343. The molecule has 36 heavy (non-hydrogen) atoms. The molecule has 2 aromatic rings. The van der Waals surface area contributed by atoms with Crippen molar-refractivity contribution in [3.05, 3.63) is 68.0 Å². The van der Waals surface area contributed by atoms with Gasteiger partial charge in [-0.1, -0.05) is 31.5 Å². The summed E-state index contributed by atoms with van der Waals surface area (Å²) in [6.07, 6.45) is 5.62. The summed E-state index contributed by atoms with van der Waals surface area (Å²) in [4.78, 5) is 26.6. The van der Waals surface area contributed by atoms with Crippen LogP contribution in [0, 0.1) is 19.3 Å². The van der Waals surface area contributed by atoms with Gasteiger partial charge in [0, 0.05) is 37.2 Å². The molecule has 0 radical (unpaired) electrons. The molecule has 0 bridgehead atoms. The molecule has 0 spiro atoms. The van der Waals surface area contributed by atoms with Crippen LogP contribution in [0.25, 0.3) is 0 Å². The normalized spacial score (nSPS) is 21.1. The number of H-pyrrole nitrogens is 1. The molecule has 1 fully saturated rings. The molecule has 1 aromatic carbocycles. The maximum absolute atomic E-state index is 12.5. The fourth-order valence-corrected chi connectivity index (χ4v) is 5.84. The minimum atomic E-state index is -1.58. The highest BCUT2D eigenvalue weighted by molar-refractivity contribution is 7.44. The number of nitrogens with one attached hydrogen (secondary N) is 1. The van der Waals surface area contributed by atoms with Crippen LogP contribution in [0.4, 0.5) is 0 Å². The number of aromatic amines is 1. The van der Waals surface area contributed by atoms with Crippen LogP contribution < -0.4 is 11.2 Å².